The highest BCUT2D eigenvalue weighted by Gasteiger charge is 2.21. The Morgan fingerprint density at radius 3 is 2.22 bits per heavy atom. The number of carbonyl (C=O) groups excluding carboxylic acids is 2. The Balaban J connectivity index is 2.77. The highest BCUT2D eigenvalue weighted by atomic mass is 16.2. The Morgan fingerprint density at radius 1 is 1.28 bits per heavy atom. The summed E-state index contributed by atoms with van der Waals surface area (Å²) in [6.07, 6.45) is 0. The van der Waals surface area contributed by atoms with Gasteiger partial charge in [-0.25, -0.2) is 0 Å². The number of benzene rings is 1. The molecule has 0 aliphatic heterocycles. The monoisotopic (exact) mass is 245 g/mol. The second-order valence-electron chi connectivity index (χ2n) is 4.28. The van der Waals surface area contributed by atoms with Crippen LogP contribution in [-0.4, -0.2) is 11.8 Å². The third kappa shape index (κ3) is 3.32. The highest BCUT2D eigenvalue weighted by Crippen LogP contribution is 2.14. The minimum Gasteiger partial charge on any atom is -0.366 e. The Bertz CT molecular complexity index is 486. The highest BCUT2D eigenvalue weighted by molar-refractivity contribution is 5.96. The van der Waals surface area contributed by atoms with Crippen molar-refractivity contribution in [1.82, 2.24) is 0 Å². The second kappa shape index (κ2) is 5.82. The van der Waals surface area contributed by atoms with Gasteiger partial charge in [0, 0.05) is 11.3 Å². The van der Waals surface area contributed by atoms with Crippen LogP contribution in [0.15, 0.2) is 24.3 Å². The maximum absolute atomic E-state index is 11.8. The van der Waals surface area contributed by atoms with E-state index in [-0.39, 0.29) is 11.8 Å². The van der Waals surface area contributed by atoms with E-state index in [1.165, 1.54) is 12.1 Å². The molecule has 0 heterocycles. The summed E-state index contributed by atoms with van der Waals surface area (Å²) >= 11 is 0. The van der Waals surface area contributed by atoms with Crippen LogP contribution in [0.3, 0.4) is 0 Å². The number of hydrogen-bond donors (Lipinski definition) is 2. The molecule has 0 bridgehead atoms. The predicted molar refractivity (Wildman–Crippen MR) is 67.5 cm³/mol. The van der Waals surface area contributed by atoms with Crippen LogP contribution in [0.25, 0.3) is 0 Å². The maximum Gasteiger partial charge on any atom is 0.248 e. The molecule has 0 aliphatic carbocycles. The molecule has 0 fully saturated rings. The normalized spacial score (nSPS) is 11.7. The first-order chi connectivity index (χ1) is 8.45. The Kier molecular flexibility index (Phi) is 4.44. The molecular weight excluding hydrogens is 230 g/mol. The lowest BCUT2D eigenvalue weighted by atomic mass is 9.96. The van der Waals surface area contributed by atoms with Gasteiger partial charge in [-0.2, -0.15) is 5.26 Å². The van der Waals surface area contributed by atoms with E-state index in [0.717, 1.165) is 0 Å². The van der Waals surface area contributed by atoms with Gasteiger partial charge in [0.15, 0.2) is 0 Å². The minimum atomic E-state index is -0.694. The van der Waals surface area contributed by atoms with Gasteiger partial charge >= 0.3 is 0 Å². The average molecular weight is 245 g/mol. The molecule has 1 rings (SSSR count). The van der Waals surface area contributed by atoms with E-state index < -0.39 is 11.8 Å². The smallest absolute Gasteiger partial charge is 0.248 e. The first kappa shape index (κ1) is 13.7. The van der Waals surface area contributed by atoms with E-state index in [0.29, 0.717) is 11.3 Å². The molecule has 0 spiro atoms. The zero-order chi connectivity index (χ0) is 13.7. The van der Waals surface area contributed by atoms with Crippen LogP contribution in [0.1, 0.15) is 24.2 Å². The van der Waals surface area contributed by atoms with Crippen molar-refractivity contribution < 1.29 is 9.59 Å². The number of nitrogens with one attached hydrogen (secondary N) is 1. The zero-order valence-electron chi connectivity index (χ0n) is 10.3. The van der Waals surface area contributed by atoms with Gasteiger partial charge in [0.05, 0.1) is 6.07 Å². The molecular formula is C13H15N3O2. The summed E-state index contributed by atoms with van der Waals surface area (Å²) in [5, 5.41) is 11.5. The van der Waals surface area contributed by atoms with Crippen LogP contribution >= 0.6 is 0 Å². The van der Waals surface area contributed by atoms with Crippen LogP contribution < -0.4 is 11.1 Å². The maximum atomic E-state index is 11.8. The Labute approximate surface area is 106 Å². The van der Waals surface area contributed by atoms with Gasteiger partial charge in [0.1, 0.15) is 5.92 Å². The molecule has 3 N–H and O–H groups in total. The molecule has 0 radical (unpaired) electrons. The number of nitriles is 1. The van der Waals surface area contributed by atoms with Gasteiger partial charge in [-0.1, -0.05) is 13.8 Å². The minimum absolute atomic E-state index is 0.0557. The molecule has 2 amide bonds. The molecule has 5 heteroatoms. The van der Waals surface area contributed by atoms with Gasteiger partial charge in [-0.15, -0.1) is 0 Å². The lowest BCUT2D eigenvalue weighted by Gasteiger charge is -2.13. The van der Waals surface area contributed by atoms with Crippen molar-refractivity contribution in [1.29, 1.82) is 5.26 Å². The average Bonchev–Trinajstić information content (AvgIpc) is 2.29. The molecule has 0 saturated heterocycles. The molecule has 18 heavy (non-hydrogen) atoms. The van der Waals surface area contributed by atoms with Gasteiger partial charge in [-0.3, -0.25) is 9.59 Å². The summed E-state index contributed by atoms with van der Waals surface area (Å²) in [6, 6.07) is 8.16. The van der Waals surface area contributed by atoms with Crippen molar-refractivity contribution in [2.75, 3.05) is 5.32 Å². The SMILES string of the molecule is CC(C)C(C#N)C(=O)Nc1ccc(C(N)=O)cc1. The number of anilines is 1. The van der Waals surface area contributed by atoms with Crippen LogP contribution in [0.4, 0.5) is 5.69 Å². The fraction of sp³-hybridized carbons (Fsp3) is 0.308. The molecule has 0 aromatic heterocycles. The summed E-state index contributed by atoms with van der Waals surface area (Å²) in [6.45, 7) is 3.62. The number of rotatable bonds is 4. The second-order valence-corrected chi connectivity index (χ2v) is 4.28. The van der Waals surface area contributed by atoms with Crippen LogP contribution in [0.5, 0.6) is 0 Å². The quantitative estimate of drug-likeness (QED) is 0.841. The van der Waals surface area contributed by atoms with Gasteiger partial charge in [0.25, 0.3) is 0 Å². The molecule has 0 saturated carbocycles. The molecule has 94 valence electrons. The third-order valence-corrected chi connectivity index (χ3v) is 2.53. The number of primary amides is 1. The molecule has 1 aromatic carbocycles. The summed E-state index contributed by atoms with van der Waals surface area (Å²) in [7, 11) is 0. The van der Waals surface area contributed by atoms with E-state index in [1.807, 2.05) is 19.9 Å². The van der Waals surface area contributed by atoms with Crippen molar-refractivity contribution in [2.45, 2.75) is 13.8 Å². The Morgan fingerprint density at radius 2 is 1.83 bits per heavy atom. The third-order valence-electron chi connectivity index (χ3n) is 2.53. The van der Waals surface area contributed by atoms with Crippen molar-refractivity contribution in [3.8, 4) is 6.07 Å². The summed E-state index contributed by atoms with van der Waals surface area (Å²) < 4.78 is 0. The molecule has 5 nitrogen and oxygen atoms in total. The lowest BCUT2D eigenvalue weighted by molar-refractivity contribution is -0.119. The standard InChI is InChI=1S/C13H15N3O2/c1-8(2)11(7-14)13(18)16-10-5-3-9(4-6-10)12(15)17/h3-6,8,11H,1-2H3,(H2,15,17)(H,16,18). The first-order valence-electron chi connectivity index (χ1n) is 5.56. The number of amides is 2. The lowest BCUT2D eigenvalue weighted by Crippen LogP contribution is -2.25. The topological polar surface area (TPSA) is 96.0 Å². The summed E-state index contributed by atoms with van der Waals surface area (Å²) in [5.74, 6) is -1.62. The van der Waals surface area contributed by atoms with Crippen molar-refractivity contribution >= 4 is 17.5 Å². The largest absolute Gasteiger partial charge is 0.366 e. The molecule has 1 aromatic rings. The van der Waals surface area contributed by atoms with Crippen LogP contribution in [-0.2, 0) is 4.79 Å². The van der Waals surface area contributed by atoms with Gasteiger partial charge in [-0.05, 0) is 30.2 Å². The zero-order valence-corrected chi connectivity index (χ0v) is 10.3. The van der Waals surface area contributed by atoms with Crippen LogP contribution in [0, 0.1) is 23.2 Å². The van der Waals surface area contributed by atoms with Crippen LogP contribution in [0.2, 0.25) is 0 Å². The van der Waals surface area contributed by atoms with E-state index in [4.69, 9.17) is 11.0 Å². The molecule has 0 aliphatic rings. The van der Waals surface area contributed by atoms with Gasteiger partial charge < -0.3 is 11.1 Å². The van der Waals surface area contributed by atoms with E-state index in [2.05, 4.69) is 5.32 Å². The van der Waals surface area contributed by atoms with Crippen molar-refractivity contribution in [2.24, 2.45) is 17.6 Å². The predicted octanol–water partition coefficient (Wildman–Crippen LogP) is 1.52. The number of hydrogen-bond acceptors (Lipinski definition) is 3. The Hall–Kier alpha value is -2.35. The van der Waals surface area contributed by atoms with E-state index in [9.17, 15) is 9.59 Å². The number of nitrogens with two attached hydrogens (primary N) is 1. The number of nitrogens with zero attached hydrogens (tertiary/aromatic N) is 1. The first-order valence-corrected chi connectivity index (χ1v) is 5.56. The van der Waals surface area contributed by atoms with Crippen molar-refractivity contribution in [3.63, 3.8) is 0 Å². The summed E-state index contributed by atoms with van der Waals surface area (Å²) in [5.41, 5.74) is 6.01. The van der Waals surface area contributed by atoms with E-state index >= 15 is 0 Å². The number of carbonyl (C=O) groups is 2. The summed E-state index contributed by atoms with van der Waals surface area (Å²) in [4.78, 5) is 22.6. The van der Waals surface area contributed by atoms with Gasteiger partial charge in [0.2, 0.25) is 11.8 Å². The molecule has 1 atom stereocenters. The fourth-order valence-corrected chi connectivity index (χ4v) is 1.45. The molecule has 1 unspecified atom stereocenters. The van der Waals surface area contributed by atoms with E-state index in [1.54, 1.807) is 12.1 Å². The van der Waals surface area contributed by atoms with Crippen molar-refractivity contribution in [3.05, 3.63) is 29.8 Å². The fourth-order valence-electron chi connectivity index (χ4n) is 1.45.